The first-order valence-corrected chi connectivity index (χ1v) is 11.5. The summed E-state index contributed by atoms with van der Waals surface area (Å²) in [6.07, 6.45) is 6.62. The molecule has 2 saturated carbocycles. The summed E-state index contributed by atoms with van der Waals surface area (Å²) in [5.74, 6) is 2.72. The van der Waals surface area contributed by atoms with E-state index in [0.717, 1.165) is 25.7 Å². The number of rotatable bonds is 3. The van der Waals surface area contributed by atoms with E-state index in [1.165, 1.54) is 17.5 Å². The van der Waals surface area contributed by atoms with Gasteiger partial charge >= 0.3 is 0 Å². The Morgan fingerprint density at radius 1 is 1.21 bits per heavy atom. The number of amides is 1. The molecule has 1 aliphatic heterocycles. The Bertz CT molecular complexity index is 799. The molecule has 1 aromatic rings. The first-order valence-electron chi connectivity index (χ1n) is 11.5. The highest BCUT2D eigenvalue weighted by molar-refractivity contribution is 5.88. The number of nitrogens with zero attached hydrogens (tertiary/aromatic N) is 1. The molecule has 0 bridgehead atoms. The molecule has 1 saturated heterocycles. The third-order valence-corrected chi connectivity index (χ3v) is 8.58. The summed E-state index contributed by atoms with van der Waals surface area (Å²) in [6, 6.07) is 8.94. The van der Waals surface area contributed by atoms with Crippen molar-refractivity contribution < 1.29 is 14.3 Å². The van der Waals surface area contributed by atoms with Gasteiger partial charge in [-0.15, -0.1) is 0 Å². The zero-order valence-corrected chi connectivity index (χ0v) is 17.6. The van der Waals surface area contributed by atoms with Crippen LogP contribution in [0.4, 0.5) is 0 Å². The van der Waals surface area contributed by atoms with E-state index in [2.05, 4.69) is 31.2 Å². The second kappa shape index (κ2) is 7.54. The lowest BCUT2D eigenvalue weighted by Gasteiger charge is -2.50. The highest BCUT2D eigenvalue weighted by Crippen LogP contribution is 2.62. The molecule has 0 aromatic heterocycles. The molecule has 156 valence electrons. The van der Waals surface area contributed by atoms with Crippen molar-refractivity contribution in [3.05, 3.63) is 35.4 Å². The van der Waals surface area contributed by atoms with Crippen molar-refractivity contribution in [1.82, 2.24) is 4.90 Å². The molecule has 0 spiro atoms. The number of carbonyl (C=O) groups excluding carboxylic acids is 2. The Labute approximate surface area is 174 Å². The van der Waals surface area contributed by atoms with E-state index in [-0.39, 0.29) is 11.3 Å². The SMILES string of the molecule is C[C@]12CCC3c4ccccc4CCC3C1[C@H](CCC(=O)N1CCOCC1)CC2=O. The molecule has 1 heterocycles. The molecule has 5 atom stereocenters. The minimum atomic E-state index is -0.167. The van der Waals surface area contributed by atoms with Crippen LogP contribution < -0.4 is 0 Å². The number of fused-ring (bicyclic) bond motifs is 5. The fourth-order valence-corrected chi connectivity index (χ4v) is 7.13. The van der Waals surface area contributed by atoms with Gasteiger partial charge in [-0.1, -0.05) is 31.2 Å². The van der Waals surface area contributed by atoms with E-state index in [0.29, 0.717) is 68.6 Å². The Morgan fingerprint density at radius 2 is 2.00 bits per heavy atom. The van der Waals surface area contributed by atoms with E-state index >= 15 is 0 Å². The maximum absolute atomic E-state index is 13.1. The van der Waals surface area contributed by atoms with Crippen molar-refractivity contribution in [3.63, 3.8) is 0 Å². The number of Topliss-reactive ketones (excluding diaryl/α,β-unsaturated/α-hetero) is 1. The van der Waals surface area contributed by atoms with Gasteiger partial charge in [0.25, 0.3) is 0 Å². The number of benzene rings is 1. The number of carbonyl (C=O) groups is 2. The van der Waals surface area contributed by atoms with Crippen LogP contribution in [0.2, 0.25) is 0 Å². The molecule has 3 unspecified atom stereocenters. The Balaban J connectivity index is 1.34. The molecule has 4 nitrogen and oxygen atoms in total. The largest absolute Gasteiger partial charge is 0.378 e. The first kappa shape index (κ1) is 19.3. The standard InChI is InChI=1S/C25H33NO3/c1-25-11-10-20-19-5-3-2-4-17(19)6-8-21(20)24(25)18(16-22(25)27)7-9-23(28)26-12-14-29-15-13-26/h2-5,18,20-21,24H,6-16H2,1H3/t18-,20?,21?,24?,25-/m1/s1. The third kappa shape index (κ3) is 3.24. The molecular formula is C25H33NO3. The molecule has 3 aliphatic carbocycles. The number of ether oxygens (including phenoxy) is 1. The molecule has 5 rings (SSSR count). The smallest absolute Gasteiger partial charge is 0.222 e. The monoisotopic (exact) mass is 395 g/mol. The van der Waals surface area contributed by atoms with Crippen molar-refractivity contribution in [2.24, 2.45) is 23.2 Å². The molecule has 0 N–H and O–H groups in total. The fourth-order valence-electron chi connectivity index (χ4n) is 7.13. The van der Waals surface area contributed by atoms with Gasteiger partial charge in [-0.05, 0) is 66.9 Å². The second-order valence-electron chi connectivity index (χ2n) is 9.91. The van der Waals surface area contributed by atoms with Crippen molar-refractivity contribution in [1.29, 1.82) is 0 Å². The topological polar surface area (TPSA) is 46.6 Å². The average molecular weight is 396 g/mol. The summed E-state index contributed by atoms with van der Waals surface area (Å²) in [5.41, 5.74) is 2.88. The quantitative estimate of drug-likeness (QED) is 0.778. The van der Waals surface area contributed by atoms with E-state index in [1.807, 2.05) is 4.90 Å². The summed E-state index contributed by atoms with van der Waals surface area (Å²) in [4.78, 5) is 27.7. The Hall–Kier alpha value is -1.68. The number of hydrogen-bond donors (Lipinski definition) is 0. The van der Waals surface area contributed by atoms with Crippen LogP contribution in [0.1, 0.15) is 62.5 Å². The maximum Gasteiger partial charge on any atom is 0.222 e. The predicted molar refractivity (Wildman–Crippen MR) is 112 cm³/mol. The van der Waals surface area contributed by atoms with E-state index in [4.69, 9.17) is 4.74 Å². The molecule has 3 fully saturated rings. The van der Waals surface area contributed by atoms with E-state index in [9.17, 15) is 9.59 Å². The summed E-state index contributed by atoms with van der Waals surface area (Å²) in [5, 5.41) is 0. The molecular weight excluding hydrogens is 362 g/mol. The zero-order valence-electron chi connectivity index (χ0n) is 17.6. The van der Waals surface area contributed by atoms with E-state index < -0.39 is 0 Å². The predicted octanol–water partition coefficient (Wildman–Crippen LogP) is 3.98. The van der Waals surface area contributed by atoms with Gasteiger partial charge in [-0.25, -0.2) is 0 Å². The Kier molecular flexibility index (Phi) is 5.01. The summed E-state index contributed by atoms with van der Waals surface area (Å²) >= 11 is 0. The minimum Gasteiger partial charge on any atom is -0.378 e. The fraction of sp³-hybridized carbons (Fsp3) is 0.680. The van der Waals surface area contributed by atoms with Crippen LogP contribution in [0.3, 0.4) is 0 Å². The van der Waals surface area contributed by atoms with Crippen LogP contribution in [0.25, 0.3) is 0 Å². The maximum atomic E-state index is 13.1. The normalized spacial score (nSPS) is 36.3. The second-order valence-corrected chi connectivity index (χ2v) is 9.91. The van der Waals surface area contributed by atoms with Gasteiger partial charge in [0.15, 0.2) is 0 Å². The van der Waals surface area contributed by atoms with Gasteiger partial charge in [0.2, 0.25) is 5.91 Å². The highest BCUT2D eigenvalue weighted by Gasteiger charge is 2.58. The van der Waals surface area contributed by atoms with Crippen LogP contribution >= 0.6 is 0 Å². The van der Waals surface area contributed by atoms with Gasteiger partial charge in [0.1, 0.15) is 5.78 Å². The van der Waals surface area contributed by atoms with Crippen molar-refractivity contribution in [3.8, 4) is 0 Å². The van der Waals surface area contributed by atoms with Gasteiger partial charge in [0.05, 0.1) is 13.2 Å². The van der Waals surface area contributed by atoms with Crippen molar-refractivity contribution in [2.45, 2.75) is 57.8 Å². The first-order chi connectivity index (χ1) is 14.1. The molecule has 4 aliphatic rings. The Morgan fingerprint density at radius 3 is 2.83 bits per heavy atom. The van der Waals surface area contributed by atoms with Gasteiger partial charge < -0.3 is 9.64 Å². The lowest BCUT2D eigenvalue weighted by Crippen LogP contribution is -2.44. The number of hydrogen-bond acceptors (Lipinski definition) is 3. The van der Waals surface area contributed by atoms with Crippen molar-refractivity contribution in [2.75, 3.05) is 26.3 Å². The molecule has 1 aromatic carbocycles. The lowest BCUT2D eigenvalue weighted by atomic mass is 9.54. The van der Waals surface area contributed by atoms with Crippen LogP contribution in [-0.4, -0.2) is 42.9 Å². The van der Waals surface area contributed by atoms with Crippen LogP contribution in [-0.2, 0) is 20.7 Å². The minimum absolute atomic E-state index is 0.167. The van der Waals surface area contributed by atoms with Crippen LogP contribution in [0.15, 0.2) is 24.3 Å². The van der Waals surface area contributed by atoms with Gasteiger partial charge in [-0.2, -0.15) is 0 Å². The van der Waals surface area contributed by atoms with Crippen LogP contribution in [0, 0.1) is 23.2 Å². The zero-order chi connectivity index (χ0) is 20.0. The number of aryl methyl sites for hydroxylation is 1. The molecule has 29 heavy (non-hydrogen) atoms. The summed E-state index contributed by atoms with van der Waals surface area (Å²) in [7, 11) is 0. The van der Waals surface area contributed by atoms with Gasteiger partial charge in [-0.3, -0.25) is 9.59 Å². The van der Waals surface area contributed by atoms with Crippen LogP contribution in [0.5, 0.6) is 0 Å². The third-order valence-electron chi connectivity index (χ3n) is 8.58. The molecule has 4 heteroatoms. The summed E-state index contributed by atoms with van der Waals surface area (Å²) in [6.45, 7) is 4.96. The average Bonchev–Trinajstić information content (AvgIpc) is 3.02. The molecule has 0 radical (unpaired) electrons. The van der Waals surface area contributed by atoms with E-state index in [1.54, 1.807) is 0 Å². The number of morpholine rings is 1. The molecule has 1 amide bonds. The van der Waals surface area contributed by atoms with Gasteiger partial charge in [0, 0.05) is 31.3 Å². The highest BCUT2D eigenvalue weighted by atomic mass is 16.5. The lowest BCUT2D eigenvalue weighted by molar-refractivity contribution is -0.135. The van der Waals surface area contributed by atoms with Crippen molar-refractivity contribution >= 4 is 11.7 Å². The number of ketones is 1. The summed E-state index contributed by atoms with van der Waals surface area (Å²) < 4.78 is 5.38.